The molecule has 0 aliphatic carbocycles. The van der Waals surface area contributed by atoms with E-state index in [1.54, 1.807) is 6.20 Å². The lowest BCUT2D eigenvalue weighted by atomic mass is 10.0. The van der Waals surface area contributed by atoms with Crippen LogP contribution in [0.2, 0.25) is 0 Å². The minimum absolute atomic E-state index is 0.0139. The third-order valence-electron chi connectivity index (χ3n) is 6.15. The van der Waals surface area contributed by atoms with E-state index >= 15 is 0 Å². The van der Waals surface area contributed by atoms with E-state index in [4.69, 9.17) is 10.8 Å². The molecule has 214 valence electrons. The second kappa shape index (κ2) is 14.1. The number of amides is 3. The smallest absolute Gasteiger partial charge is 0.327 e. The maximum Gasteiger partial charge on any atom is 0.327 e. The Morgan fingerprint density at radius 3 is 2.20 bits per heavy atom. The van der Waals surface area contributed by atoms with Gasteiger partial charge in [0.1, 0.15) is 18.1 Å². The second-order valence-electron chi connectivity index (χ2n) is 9.09. The summed E-state index contributed by atoms with van der Waals surface area (Å²) < 4.78 is 0. The second-order valence-corrected chi connectivity index (χ2v) is 9.45. The summed E-state index contributed by atoms with van der Waals surface area (Å²) in [6.07, 6.45) is 4.01. The molecule has 9 N–H and O–H groups in total. The van der Waals surface area contributed by atoms with Gasteiger partial charge in [0.15, 0.2) is 0 Å². The van der Waals surface area contributed by atoms with Crippen molar-refractivity contribution in [3.63, 3.8) is 0 Å². The van der Waals surface area contributed by atoms with Crippen molar-refractivity contribution < 1.29 is 34.2 Å². The van der Waals surface area contributed by atoms with Gasteiger partial charge in [0.05, 0.1) is 12.4 Å². The first-order valence-corrected chi connectivity index (χ1v) is 13.0. The summed E-state index contributed by atoms with van der Waals surface area (Å²) in [6, 6.07) is 2.41. The van der Waals surface area contributed by atoms with Crippen LogP contribution in [0.4, 0.5) is 0 Å². The van der Waals surface area contributed by atoms with E-state index in [0.717, 1.165) is 10.9 Å². The lowest BCUT2D eigenvalue weighted by Gasteiger charge is -2.25. The SMILES string of the molecule is NC(CCC(=O)O)C(=O)NC(Cc1c[nH]c2ccccc12)C(=O)NC(Cc1cnc[nH]1)C(=O)NC(CS)C(=O)O. The molecule has 14 nitrogen and oxygen atoms in total. The molecule has 0 saturated carbocycles. The van der Waals surface area contributed by atoms with Crippen LogP contribution in [-0.2, 0) is 36.8 Å². The Kier molecular flexibility index (Phi) is 10.7. The highest BCUT2D eigenvalue weighted by molar-refractivity contribution is 7.80. The number of carbonyl (C=O) groups excluding carboxylic acids is 3. The predicted molar refractivity (Wildman–Crippen MR) is 146 cm³/mol. The highest BCUT2D eigenvalue weighted by Gasteiger charge is 2.31. The molecule has 0 aliphatic heterocycles. The number of aliphatic carboxylic acids is 2. The Hall–Kier alpha value is -4.37. The molecule has 0 fully saturated rings. The van der Waals surface area contributed by atoms with Crippen LogP contribution in [0.15, 0.2) is 43.0 Å². The zero-order chi connectivity index (χ0) is 29.2. The van der Waals surface area contributed by atoms with E-state index in [2.05, 4.69) is 43.5 Å². The molecule has 2 aromatic heterocycles. The molecule has 40 heavy (non-hydrogen) atoms. The van der Waals surface area contributed by atoms with Crippen LogP contribution < -0.4 is 21.7 Å². The number of carboxylic acids is 2. The van der Waals surface area contributed by atoms with Crippen molar-refractivity contribution in [2.75, 3.05) is 5.75 Å². The van der Waals surface area contributed by atoms with Gasteiger partial charge in [0.2, 0.25) is 17.7 Å². The molecule has 0 saturated heterocycles. The predicted octanol–water partition coefficient (Wildman–Crippen LogP) is -0.663. The summed E-state index contributed by atoms with van der Waals surface area (Å²) in [5.74, 6) is -4.85. The zero-order valence-electron chi connectivity index (χ0n) is 21.3. The first-order chi connectivity index (χ1) is 19.1. The fraction of sp³-hybridized carbons (Fsp3) is 0.360. The number of benzene rings is 1. The maximum absolute atomic E-state index is 13.6. The molecule has 2 heterocycles. The number of hydrogen-bond acceptors (Lipinski definition) is 8. The topological polar surface area (TPSA) is 232 Å². The first kappa shape index (κ1) is 30.2. The van der Waals surface area contributed by atoms with Gasteiger partial charge in [-0.25, -0.2) is 9.78 Å². The van der Waals surface area contributed by atoms with E-state index in [1.165, 1.54) is 12.5 Å². The largest absolute Gasteiger partial charge is 0.481 e. The Balaban J connectivity index is 1.85. The van der Waals surface area contributed by atoms with Gasteiger partial charge in [-0.3, -0.25) is 19.2 Å². The normalized spacial score (nSPS) is 14.1. The highest BCUT2D eigenvalue weighted by Crippen LogP contribution is 2.19. The third-order valence-corrected chi connectivity index (χ3v) is 6.51. The van der Waals surface area contributed by atoms with Gasteiger partial charge in [0, 0.05) is 54.0 Å². The fourth-order valence-electron chi connectivity index (χ4n) is 3.97. The number of fused-ring (bicyclic) bond motifs is 1. The summed E-state index contributed by atoms with van der Waals surface area (Å²) in [4.78, 5) is 71.6. The van der Waals surface area contributed by atoms with Crippen molar-refractivity contribution in [2.24, 2.45) is 5.73 Å². The van der Waals surface area contributed by atoms with Gasteiger partial charge in [0.25, 0.3) is 0 Å². The van der Waals surface area contributed by atoms with Gasteiger partial charge < -0.3 is 41.9 Å². The Labute approximate surface area is 233 Å². The van der Waals surface area contributed by atoms with E-state index in [9.17, 15) is 29.1 Å². The van der Waals surface area contributed by atoms with Crippen LogP contribution in [0, 0.1) is 0 Å². The quantitative estimate of drug-likeness (QED) is 0.105. The molecular formula is C25H31N7O7S. The number of carboxylic acid groups (broad SMARTS) is 2. The number of rotatable bonds is 15. The van der Waals surface area contributed by atoms with Crippen LogP contribution >= 0.6 is 12.6 Å². The number of nitrogens with one attached hydrogen (secondary N) is 5. The van der Waals surface area contributed by atoms with Gasteiger partial charge in [-0.2, -0.15) is 12.6 Å². The van der Waals surface area contributed by atoms with Gasteiger partial charge >= 0.3 is 11.9 Å². The molecule has 15 heteroatoms. The molecule has 3 rings (SSSR count). The number of thiol groups is 1. The van der Waals surface area contributed by atoms with E-state index in [-0.39, 0.29) is 31.4 Å². The molecule has 4 unspecified atom stereocenters. The summed E-state index contributed by atoms with van der Waals surface area (Å²) >= 11 is 3.96. The molecule has 0 aliphatic rings. The van der Waals surface area contributed by atoms with Gasteiger partial charge in [-0.15, -0.1) is 0 Å². The molecule has 0 spiro atoms. The van der Waals surface area contributed by atoms with Crippen LogP contribution in [0.1, 0.15) is 24.1 Å². The van der Waals surface area contributed by atoms with Crippen molar-refractivity contribution in [2.45, 2.75) is 49.9 Å². The number of para-hydroxylation sites is 1. The van der Waals surface area contributed by atoms with Gasteiger partial charge in [-0.05, 0) is 18.1 Å². The molecule has 3 aromatic rings. The van der Waals surface area contributed by atoms with Crippen molar-refractivity contribution >= 4 is 53.2 Å². The van der Waals surface area contributed by atoms with Crippen molar-refractivity contribution in [3.05, 3.63) is 54.2 Å². The Morgan fingerprint density at radius 2 is 1.57 bits per heavy atom. The van der Waals surface area contributed by atoms with Gasteiger partial charge in [-0.1, -0.05) is 18.2 Å². The number of aromatic nitrogens is 3. The molecule has 0 bridgehead atoms. The summed E-state index contributed by atoms with van der Waals surface area (Å²) in [5.41, 5.74) is 7.87. The monoisotopic (exact) mass is 573 g/mol. The molecular weight excluding hydrogens is 542 g/mol. The molecule has 4 atom stereocenters. The number of imidazole rings is 1. The Morgan fingerprint density at radius 1 is 0.925 bits per heavy atom. The van der Waals surface area contributed by atoms with E-state index in [0.29, 0.717) is 11.3 Å². The minimum atomic E-state index is -1.30. The summed E-state index contributed by atoms with van der Waals surface area (Å²) in [6.45, 7) is 0. The standard InChI is InChI=1S/C25H31N7O7S/c26-16(5-6-21(33)34)22(35)30-18(7-13-9-28-17-4-2-1-3-15(13)17)23(36)31-19(8-14-10-27-12-29-14)24(37)32-20(11-40)25(38)39/h1-4,9-10,12,16,18-20,28,40H,5-8,11,26H2,(H,27,29)(H,30,35)(H,31,36)(H,32,37)(H,33,34)(H,38,39). The van der Waals surface area contributed by atoms with E-state index < -0.39 is 53.8 Å². The maximum atomic E-state index is 13.6. The van der Waals surface area contributed by atoms with Crippen molar-refractivity contribution in [1.82, 2.24) is 30.9 Å². The lowest BCUT2D eigenvalue weighted by molar-refractivity contribution is -0.141. The average Bonchev–Trinajstić information content (AvgIpc) is 3.59. The first-order valence-electron chi connectivity index (χ1n) is 12.3. The number of H-pyrrole nitrogens is 2. The molecule has 3 amide bonds. The average molecular weight is 574 g/mol. The summed E-state index contributed by atoms with van der Waals surface area (Å²) in [5, 5.41) is 26.6. The van der Waals surface area contributed by atoms with Crippen LogP contribution in [0.25, 0.3) is 10.9 Å². The number of nitrogens with two attached hydrogens (primary N) is 1. The number of aromatic amines is 2. The molecule has 1 aromatic carbocycles. The highest BCUT2D eigenvalue weighted by atomic mass is 32.1. The fourth-order valence-corrected chi connectivity index (χ4v) is 4.22. The lowest BCUT2D eigenvalue weighted by Crippen LogP contribution is -2.58. The van der Waals surface area contributed by atoms with Crippen molar-refractivity contribution in [1.29, 1.82) is 0 Å². The summed E-state index contributed by atoms with van der Waals surface area (Å²) in [7, 11) is 0. The van der Waals surface area contributed by atoms with Crippen molar-refractivity contribution in [3.8, 4) is 0 Å². The third kappa shape index (κ3) is 8.31. The van der Waals surface area contributed by atoms with Crippen LogP contribution in [0.3, 0.4) is 0 Å². The number of nitrogens with zero attached hydrogens (tertiary/aromatic N) is 1. The van der Waals surface area contributed by atoms with Crippen LogP contribution in [-0.4, -0.2) is 84.7 Å². The Bertz CT molecular complexity index is 1340. The zero-order valence-corrected chi connectivity index (χ0v) is 22.2. The van der Waals surface area contributed by atoms with Crippen LogP contribution in [0.5, 0.6) is 0 Å². The number of hydrogen-bond donors (Lipinski definition) is 9. The minimum Gasteiger partial charge on any atom is -0.481 e. The molecule has 0 radical (unpaired) electrons. The number of carbonyl (C=O) groups is 5. The van der Waals surface area contributed by atoms with E-state index in [1.807, 2.05) is 24.3 Å².